The number of nitrogens with zero attached hydrogens (tertiary/aromatic N) is 1. The Labute approximate surface area is 173 Å². The summed E-state index contributed by atoms with van der Waals surface area (Å²) < 4.78 is 23.0. The summed E-state index contributed by atoms with van der Waals surface area (Å²) >= 11 is 0. The summed E-state index contributed by atoms with van der Waals surface area (Å²) in [5.41, 5.74) is 2.05. The molecule has 2 aromatic rings. The van der Waals surface area contributed by atoms with Crippen molar-refractivity contribution in [2.75, 3.05) is 18.6 Å². The van der Waals surface area contributed by atoms with Crippen LogP contribution >= 0.6 is 0 Å². The fourth-order valence-corrected chi connectivity index (χ4v) is 3.18. The van der Waals surface area contributed by atoms with E-state index >= 15 is 0 Å². The normalized spacial score (nSPS) is 15.0. The highest BCUT2D eigenvalue weighted by atomic mass is 19.1. The van der Waals surface area contributed by atoms with Crippen LogP contribution in [-0.2, 0) is 19.1 Å². The van der Waals surface area contributed by atoms with Crippen LogP contribution in [0.5, 0.6) is 0 Å². The minimum Gasteiger partial charge on any atom is -0.465 e. The Morgan fingerprint density at radius 3 is 2.23 bits per heavy atom. The number of carbonyl (C=O) groups is 3. The van der Waals surface area contributed by atoms with E-state index < -0.39 is 23.7 Å². The fourth-order valence-electron chi connectivity index (χ4n) is 3.18. The fraction of sp³-hybridized carbons (Fsp3) is 0.174. The molecular weight excluding hydrogens is 389 g/mol. The second kappa shape index (κ2) is 8.73. The average Bonchev–Trinajstić information content (AvgIpc) is 2.99. The molecule has 0 aliphatic carbocycles. The van der Waals surface area contributed by atoms with E-state index in [1.165, 1.54) is 42.4 Å². The molecule has 1 aliphatic rings. The molecule has 0 spiro atoms. The first kappa shape index (κ1) is 21.0. The van der Waals surface area contributed by atoms with Crippen LogP contribution in [0.3, 0.4) is 0 Å². The number of anilines is 1. The molecule has 0 bridgehead atoms. The van der Waals surface area contributed by atoms with Crippen LogP contribution in [0.4, 0.5) is 10.1 Å². The predicted molar refractivity (Wildman–Crippen MR) is 109 cm³/mol. The molecule has 7 heteroatoms. The van der Waals surface area contributed by atoms with Crippen LogP contribution < -0.4 is 4.90 Å². The van der Waals surface area contributed by atoms with Gasteiger partial charge in [-0.3, -0.25) is 9.69 Å². The summed E-state index contributed by atoms with van der Waals surface area (Å²) in [4.78, 5) is 38.8. The number of ether oxygens (including phenoxy) is 2. The number of amides is 1. The molecule has 1 amide bonds. The minimum atomic E-state index is -0.653. The maximum absolute atomic E-state index is 13.2. The van der Waals surface area contributed by atoms with Gasteiger partial charge in [0.05, 0.1) is 30.4 Å². The number of benzene rings is 2. The predicted octanol–water partition coefficient (Wildman–Crippen LogP) is 3.88. The second-order valence-electron chi connectivity index (χ2n) is 6.47. The van der Waals surface area contributed by atoms with Crippen molar-refractivity contribution in [2.24, 2.45) is 0 Å². The number of carbonyl (C=O) groups excluding carboxylic acids is 3. The van der Waals surface area contributed by atoms with Gasteiger partial charge >= 0.3 is 11.9 Å². The van der Waals surface area contributed by atoms with Gasteiger partial charge in [-0.25, -0.2) is 14.0 Å². The van der Waals surface area contributed by atoms with Gasteiger partial charge in [-0.1, -0.05) is 12.1 Å². The van der Waals surface area contributed by atoms with Gasteiger partial charge in [-0.2, -0.15) is 0 Å². The summed E-state index contributed by atoms with van der Waals surface area (Å²) in [5.74, 6) is -1.95. The zero-order valence-corrected chi connectivity index (χ0v) is 16.8. The van der Waals surface area contributed by atoms with Gasteiger partial charge in [0.25, 0.3) is 5.91 Å². The third-order valence-electron chi connectivity index (χ3n) is 4.61. The number of hydrogen-bond acceptors (Lipinski definition) is 5. The molecule has 6 nitrogen and oxygen atoms in total. The Morgan fingerprint density at radius 2 is 1.67 bits per heavy atom. The monoisotopic (exact) mass is 409 g/mol. The van der Waals surface area contributed by atoms with Crippen molar-refractivity contribution in [3.05, 3.63) is 82.3 Å². The SMILES string of the molecule is CCOC(=O)c1ccc(N2C(=O)C(=Cc3ccc(F)cc3)C(C(=O)OC)=C2C)cc1. The van der Waals surface area contributed by atoms with Gasteiger partial charge in [0.2, 0.25) is 0 Å². The maximum Gasteiger partial charge on any atom is 0.340 e. The van der Waals surface area contributed by atoms with Gasteiger partial charge in [0.1, 0.15) is 5.82 Å². The molecular formula is C23H20FNO5. The van der Waals surface area contributed by atoms with Crippen molar-refractivity contribution in [3.63, 3.8) is 0 Å². The summed E-state index contributed by atoms with van der Waals surface area (Å²) in [5, 5.41) is 0. The molecule has 0 N–H and O–H groups in total. The molecule has 154 valence electrons. The molecule has 0 saturated heterocycles. The number of methoxy groups -OCH3 is 1. The molecule has 1 aliphatic heterocycles. The number of halogens is 1. The molecule has 0 atom stereocenters. The highest BCUT2D eigenvalue weighted by molar-refractivity contribution is 6.23. The quantitative estimate of drug-likeness (QED) is 0.554. The van der Waals surface area contributed by atoms with Crippen molar-refractivity contribution in [1.29, 1.82) is 0 Å². The van der Waals surface area contributed by atoms with E-state index in [0.29, 0.717) is 22.5 Å². The zero-order valence-electron chi connectivity index (χ0n) is 16.8. The molecule has 0 fully saturated rings. The van der Waals surface area contributed by atoms with Crippen LogP contribution in [0.1, 0.15) is 29.8 Å². The molecule has 0 radical (unpaired) electrons. The number of hydrogen-bond donors (Lipinski definition) is 0. The van der Waals surface area contributed by atoms with Crippen molar-refractivity contribution >= 4 is 29.6 Å². The van der Waals surface area contributed by atoms with E-state index in [9.17, 15) is 18.8 Å². The molecule has 30 heavy (non-hydrogen) atoms. The smallest absolute Gasteiger partial charge is 0.340 e. The Bertz CT molecular complexity index is 1050. The molecule has 1 heterocycles. The summed E-state index contributed by atoms with van der Waals surface area (Å²) in [6.07, 6.45) is 1.52. The maximum atomic E-state index is 13.2. The molecule has 0 unspecified atom stereocenters. The van der Waals surface area contributed by atoms with Crippen LogP contribution in [0, 0.1) is 5.82 Å². The van der Waals surface area contributed by atoms with E-state index in [4.69, 9.17) is 9.47 Å². The summed E-state index contributed by atoms with van der Waals surface area (Å²) in [7, 11) is 1.24. The van der Waals surface area contributed by atoms with E-state index in [1.807, 2.05) is 0 Å². The van der Waals surface area contributed by atoms with Crippen LogP contribution in [0.2, 0.25) is 0 Å². The molecule has 0 aromatic heterocycles. The lowest BCUT2D eigenvalue weighted by Crippen LogP contribution is -2.24. The second-order valence-corrected chi connectivity index (χ2v) is 6.47. The lowest BCUT2D eigenvalue weighted by molar-refractivity contribution is -0.136. The third kappa shape index (κ3) is 4.00. The first-order valence-electron chi connectivity index (χ1n) is 9.25. The average molecular weight is 409 g/mol. The summed E-state index contributed by atoms with van der Waals surface area (Å²) in [6, 6.07) is 11.9. The van der Waals surface area contributed by atoms with E-state index in [1.54, 1.807) is 38.1 Å². The van der Waals surface area contributed by atoms with Gasteiger partial charge in [0, 0.05) is 11.4 Å². The molecule has 2 aromatic carbocycles. The molecule has 0 saturated carbocycles. The number of allylic oxidation sites excluding steroid dienone is 1. The highest BCUT2D eigenvalue weighted by Crippen LogP contribution is 2.35. The van der Waals surface area contributed by atoms with Crippen molar-refractivity contribution in [3.8, 4) is 0 Å². The summed E-state index contributed by atoms with van der Waals surface area (Å²) in [6.45, 7) is 3.61. The highest BCUT2D eigenvalue weighted by Gasteiger charge is 2.37. The van der Waals surface area contributed by atoms with Crippen LogP contribution in [-0.4, -0.2) is 31.6 Å². The largest absolute Gasteiger partial charge is 0.465 e. The zero-order chi connectivity index (χ0) is 21.8. The first-order chi connectivity index (χ1) is 14.4. The lowest BCUT2D eigenvalue weighted by Gasteiger charge is -2.18. The standard InChI is InChI=1S/C23H20FNO5/c1-4-30-22(27)16-7-11-18(12-8-16)25-14(2)20(23(28)29-3)19(21(25)26)13-15-5-9-17(24)10-6-15/h5-13H,4H2,1-3H3. The van der Waals surface area contributed by atoms with E-state index in [2.05, 4.69) is 0 Å². The van der Waals surface area contributed by atoms with Crippen molar-refractivity contribution < 1.29 is 28.2 Å². The van der Waals surface area contributed by atoms with Crippen LogP contribution in [0.15, 0.2) is 65.4 Å². The van der Waals surface area contributed by atoms with Gasteiger partial charge in [0.15, 0.2) is 0 Å². The van der Waals surface area contributed by atoms with Crippen molar-refractivity contribution in [1.82, 2.24) is 0 Å². The Kier molecular flexibility index (Phi) is 6.11. The Balaban J connectivity index is 2.03. The van der Waals surface area contributed by atoms with E-state index in [0.717, 1.165) is 0 Å². The number of rotatable bonds is 5. The third-order valence-corrected chi connectivity index (χ3v) is 4.61. The Hall–Kier alpha value is -3.74. The van der Waals surface area contributed by atoms with Gasteiger partial charge in [-0.05, 0) is 61.9 Å². The molecule has 3 rings (SSSR count). The lowest BCUT2D eigenvalue weighted by atomic mass is 10.0. The van der Waals surface area contributed by atoms with Gasteiger partial charge in [-0.15, -0.1) is 0 Å². The first-order valence-corrected chi connectivity index (χ1v) is 9.25. The minimum absolute atomic E-state index is 0.126. The topological polar surface area (TPSA) is 72.9 Å². The van der Waals surface area contributed by atoms with E-state index in [-0.39, 0.29) is 17.8 Å². The number of esters is 2. The van der Waals surface area contributed by atoms with Crippen LogP contribution in [0.25, 0.3) is 6.08 Å². The van der Waals surface area contributed by atoms with Gasteiger partial charge < -0.3 is 9.47 Å². The van der Waals surface area contributed by atoms with Crippen molar-refractivity contribution in [2.45, 2.75) is 13.8 Å². The Morgan fingerprint density at radius 1 is 1.03 bits per heavy atom.